The lowest BCUT2D eigenvalue weighted by atomic mass is 10.0. The fourth-order valence-electron chi connectivity index (χ4n) is 1.82. The van der Waals surface area contributed by atoms with Crippen molar-refractivity contribution in [3.8, 4) is 17.3 Å². The molecule has 1 aromatic heterocycles. The van der Waals surface area contributed by atoms with Crippen LogP contribution in [-0.2, 0) is 0 Å². The summed E-state index contributed by atoms with van der Waals surface area (Å²) in [4.78, 5) is 12.8. The molecule has 0 aliphatic rings. The van der Waals surface area contributed by atoms with Gasteiger partial charge < -0.3 is 10.6 Å². The van der Waals surface area contributed by atoms with Gasteiger partial charge in [0.1, 0.15) is 17.3 Å². The average Bonchev–Trinajstić information content (AvgIpc) is 2.87. The van der Waals surface area contributed by atoms with E-state index < -0.39 is 11.7 Å². The molecule has 0 spiro atoms. The van der Waals surface area contributed by atoms with Crippen LogP contribution in [0.3, 0.4) is 0 Å². The van der Waals surface area contributed by atoms with Gasteiger partial charge in [0.2, 0.25) is 0 Å². The van der Waals surface area contributed by atoms with Crippen LogP contribution in [0, 0.1) is 17.1 Å². The molecule has 1 amide bonds. The van der Waals surface area contributed by atoms with Crippen molar-refractivity contribution < 1.29 is 9.18 Å². The van der Waals surface area contributed by atoms with Gasteiger partial charge in [-0.3, -0.25) is 4.79 Å². The van der Waals surface area contributed by atoms with Gasteiger partial charge in [-0.25, -0.2) is 4.39 Å². The van der Waals surface area contributed by atoms with E-state index in [1.54, 1.807) is 31.1 Å². The standard InChI is InChI=1S/C12H11FN6O/c1-19(2)8-4-3-6(9(13)7(8)5-14)10-11(12(15)20)17-18-16-10/h3-4H,1-2H3,(H2,15,20)(H,16,17,18). The van der Waals surface area contributed by atoms with E-state index in [1.165, 1.54) is 6.07 Å². The zero-order valence-electron chi connectivity index (χ0n) is 10.8. The lowest BCUT2D eigenvalue weighted by molar-refractivity contribution is 0.0996. The molecular weight excluding hydrogens is 263 g/mol. The third kappa shape index (κ3) is 2.05. The van der Waals surface area contributed by atoms with E-state index in [2.05, 4.69) is 15.4 Å². The number of nitriles is 1. The molecule has 0 aliphatic carbocycles. The minimum atomic E-state index is -0.830. The number of primary amides is 1. The first-order valence-electron chi connectivity index (χ1n) is 5.58. The number of aromatic amines is 1. The minimum absolute atomic E-state index is 0.00491. The third-order valence-corrected chi connectivity index (χ3v) is 2.75. The molecule has 0 atom stereocenters. The van der Waals surface area contributed by atoms with Crippen molar-refractivity contribution in [2.45, 2.75) is 0 Å². The Morgan fingerprint density at radius 1 is 1.45 bits per heavy atom. The maximum Gasteiger partial charge on any atom is 0.271 e. The van der Waals surface area contributed by atoms with Crippen molar-refractivity contribution in [1.29, 1.82) is 5.26 Å². The van der Waals surface area contributed by atoms with Gasteiger partial charge in [-0.2, -0.15) is 20.7 Å². The SMILES string of the molecule is CN(C)c1ccc(-c2n[nH]nc2C(N)=O)c(F)c1C#N. The molecule has 0 fully saturated rings. The molecule has 102 valence electrons. The highest BCUT2D eigenvalue weighted by Gasteiger charge is 2.22. The van der Waals surface area contributed by atoms with Gasteiger partial charge >= 0.3 is 0 Å². The molecule has 0 saturated carbocycles. The number of nitrogens with zero attached hydrogens (tertiary/aromatic N) is 4. The Kier molecular flexibility index (Phi) is 3.35. The van der Waals surface area contributed by atoms with Crippen molar-refractivity contribution in [3.05, 3.63) is 29.2 Å². The van der Waals surface area contributed by atoms with E-state index in [0.717, 1.165) is 0 Å². The molecule has 0 radical (unpaired) electrons. The highest BCUT2D eigenvalue weighted by atomic mass is 19.1. The zero-order chi connectivity index (χ0) is 14.9. The second-order valence-electron chi connectivity index (χ2n) is 4.21. The summed E-state index contributed by atoms with van der Waals surface area (Å²) in [5.41, 5.74) is 5.24. The molecule has 0 unspecified atom stereocenters. The van der Waals surface area contributed by atoms with Crippen LogP contribution in [0.4, 0.5) is 10.1 Å². The van der Waals surface area contributed by atoms with Crippen LogP contribution in [0.2, 0.25) is 0 Å². The number of rotatable bonds is 3. The molecule has 2 rings (SSSR count). The predicted molar refractivity (Wildman–Crippen MR) is 69.3 cm³/mol. The molecule has 0 aliphatic heterocycles. The predicted octanol–water partition coefficient (Wildman–Crippen LogP) is 0.647. The summed E-state index contributed by atoms with van der Waals surface area (Å²) >= 11 is 0. The molecule has 2 aromatic rings. The van der Waals surface area contributed by atoms with Gasteiger partial charge in [0, 0.05) is 19.7 Å². The van der Waals surface area contributed by atoms with E-state index >= 15 is 0 Å². The Morgan fingerprint density at radius 2 is 2.15 bits per heavy atom. The molecule has 0 saturated heterocycles. The van der Waals surface area contributed by atoms with Crippen LogP contribution in [0.5, 0.6) is 0 Å². The number of benzene rings is 1. The summed E-state index contributed by atoms with van der Waals surface area (Å²) in [6, 6.07) is 4.80. The largest absolute Gasteiger partial charge is 0.377 e. The van der Waals surface area contributed by atoms with Crippen LogP contribution >= 0.6 is 0 Å². The second-order valence-corrected chi connectivity index (χ2v) is 4.21. The number of hydrogen-bond acceptors (Lipinski definition) is 5. The van der Waals surface area contributed by atoms with Crippen molar-refractivity contribution in [2.24, 2.45) is 5.73 Å². The number of H-pyrrole nitrogens is 1. The van der Waals surface area contributed by atoms with Gasteiger partial charge in [-0.1, -0.05) is 0 Å². The number of aromatic nitrogens is 3. The number of carbonyl (C=O) groups is 1. The molecule has 20 heavy (non-hydrogen) atoms. The maximum absolute atomic E-state index is 14.4. The van der Waals surface area contributed by atoms with Crippen LogP contribution in [0.1, 0.15) is 16.1 Å². The number of carbonyl (C=O) groups excluding carboxylic acids is 1. The van der Waals surface area contributed by atoms with E-state index in [1.807, 2.05) is 0 Å². The van der Waals surface area contributed by atoms with Gasteiger partial charge in [0.15, 0.2) is 11.5 Å². The average molecular weight is 274 g/mol. The molecule has 3 N–H and O–H groups in total. The van der Waals surface area contributed by atoms with Gasteiger partial charge in [-0.15, -0.1) is 0 Å². The first kappa shape index (κ1) is 13.5. The maximum atomic E-state index is 14.4. The first-order chi connectivity index (χ1) is 9.47. The summed E-state index contributed by atoms with van der Waals surface area (Å²) in [6.45, 7) is 0. The zero-order valence-corrected chi connectivity index (χ0v) is 10.8. The quantitative estimate of drug-likeness (QED) is 0.853. The molecule has 1 aromatic carbocycles. The summed E-state index contributed by atoms with van der Waals surface area (Å²) in [5, 5.41) is 18.6. The van der Waals surface area contributed by atoms with E-state index in [4.69, 9.17) is 11.0 Å². The Balaban J connectivity index is 2.69. The van der Waals surface area contributed by atoms with Crippen molar-refractivity contribution in [3.63, 3.8) is 0 Å². The number of nitrogens with two attached hydrogens (primary N) is 1. The van der Waals surface area contributed by atoms with Gasteiger partial charge in [0.25, 0.3) is 5.91 Å². The summed E-state index contributed by atoms with van der Waals surface area (Å²) in [5.74, 6) is -1.60. The smallest absolute Gasteiger partial charge is 0.271 e. The topological polar surface area (TPSA) is 112 Å². The van der Waals surface area contributed by atoms with Crippen molar-refractivity contribution >= 4 is 11.6 Å². The second kappa shape index (κ2) is 4.97. The Morgan fingerprint density at radius 3 is 2.70 bits per heavy atom. The molecular formula is C12H11FN6O. The first-order valence-corrected chi connectivity index (χ1v) is 5.58. The number of halogens is 1. The Labute approximate surface area is 113 Å². The Bertz CT molecular complexity index is 715. The summed E-state index contributed by atoms with van der Waals surface area (Å²) < 4.78 is 14.4. The highest BCUT2D eigenvalue weighted by molar-refractivity contribution is 5.97. The lowest BCUT2D eigenvalue weighted by Crippen LogP contribution is -2.14. The number of amides is 1. The third-order valence-electron chi connectivity index (χ3n) is 2.75. The van der Waals surface area contributed by atoms with Crippen LogP contribution in [-0.4, -0.2) is 35.4 Å². The number of hydrogen-bond donors (Lipinski definition) is 2. The fraction of sp³-hybridized carbons (Fsp3) is 0.167. The van der Waals surface area contributed by atoms with E-state index in [-0.39, 0.29) is 22.5 Å². The monoisotopic (exact) mass is 274 g/mol. The minimum Gasteiger partial charge on any atom is -0.377 e. The van der Waals surface area contributed by atoms with Crippen LogP contribution in [0.15, 0.2) is 12.1 Å². The molecule has 1 heterocycles. The molecule has 7 nitrogen and oxygen atoms in total. The van der Waals surface area contributed by atoms with Crippen LogP contribution in [0.25, 0.3) is 11.3 Å². The molecule has 8 heteroatoms. The van der Waals surface area contributed by atoms with Gasteiger partial charge in [0.05, 0.1) is 5.69 Å². The number of nitrogens with one attached hydrogen (secondary N) is 1. The van der Waals surface area contributed by atoms with Crippen LogP contribution < -0.4 is 10.6 Å². The summed E-state index contributed by atoms with van der Waals surface area (Å²) in [7, 11) is 3.39. The van der Waals surface area contributed by atoms with Crippen molar-refractivity contribution in [2.75, 3.05) is 19.0 Å². The molecule has 0 bridgehead atoms. The van der Waals surface area contributed by atoms with E-state index in [0.29, 0.717) is 5.69 Å². The van der Waals surface area contributed by atoms with E-state index in [9.17, 15) is 9.18 Å². The summed E-state index contributed by atoms with van der Waals surface area (Å²) in [6.07, 6.45) is 0. The normalized spacial score (nSPS) is 10.1. The fourth-order valence-corrected chi connectivity index (χ4v) is 1.82. The van der Waals surface area contributed by atoms with Gasteiger partial charge in [-0.05, 0) is 12.1 Å². The highest BCUT2D eigenvalue weighted by Crippen LogP contribution is 2.30. The Hall–Kier alpha value is -2.95. The van der Waals surface area contributed by atoms with Crippen molar-refractivity contribution in [1.82, 2.24) is 15.4 Å². The lowest BCUT2D eigenvalue weighted by Gasteiger charge is -2.15. The number of anilines is 1.